The smallest absolute Gasteiger partial charge is 0.306 e. The van der Waals surface area contributed by atoms with Gasteiger partial charge in [-0.15, -0.1) is 0 Å². The van der Waals surface area contributed by atoms with Gasteiger partial charge in [0.2, 0.25) is 12.5 Å². The largest absolute Gasteiger partial charge is 0.507 e. The summed E-state index contributed by atoms with van der Waals surface area (Å²) in [6, 6.07) is 4.89. The molecule has 3 aromatic rings. The maximum atomic E-state index is 13.6. The lowest BCUT2D eigenvalue weighted by Gasteiger charge is -2.21. The number of H-pyrrole nitrogens is 1. The number of hydrogen-bond donors (Lipinski definition) is 2. The molecule has 33 heavy (non-hydrogen) atoms. The Morgan fingerprint density at radius 1 is 1.30 bits per heavy atom. The zero-order chi connectivity index (χ0) is 23.5. The normalized spacial score (nSPS) is 13.1. The van der Waals surface area contributed by atoms with Gasteiger partial charge < -0.3 is 33.6 Å². The summed E-state index contributed by atoms with van der Waals surface area (Å²) in [4.78, 5) is 32.9. The Hall–Kier alpha value is -3.95. The van der Waals surface area contributed by atoms with Gasteiger partial charge in [0, 0.05) is 36.5 Å². The van der Waals surface area contributed by atoms with Gasteiger partial charge in [-0.1, -0.05) is 0 Å². The average molecular weight is 455 g/mol. The number of imidazole rings is 1. The molecule has 3 heterocycles. The highest BCUT2D eigenvalue weighted by atomic mass is 16.7. The van der Waals surface area contributed by atoms with Crippen molar-refractivity contribution >= 4 is 5.97 Å². The Bertz CT molecular complexity index is 1220. The van der Waals surface area contributed by atoms with Gasteiger partial charge in [-0.25, -0.2) is 4.98 Å². The van der Waals surface area contributed by atoms with Gasteiger partial charge >= 0.3 is 5.97 Å². The Kier molecular flexibility index (Phi) is 6.25. The minimum Gasteiger partial charge on any atom is -0.507 e. The molecule has 1 aliphatic heterocycles. The number of methoxy groups -OCH3 is 2. The highest BCUT2D eigenvalue weighted by molar-refractivity contribution is 5.72. The van der Waals surface area contributed by atoms with E-state index in [1.54, 1.807) is 36.1 Å². The first-order valence-electron chi connectivity index (χ1n) is 10.4. The number of aromatic hydroxyl groups is 1. The second-order valence-corrected chi connectivity index (χ2v) is 7.66. The number of esters is 1. The molecule has 0 unspecified atom stereocenters. The highest BCUT2D eigenvalue weighted by Gasteiger charge is 2.30. The van der Waals surface area contributed by atoms with Crippen molar-refractivity contribution in [2.45, 2.75) is 32.2 Å². The number of ether oxygens (including phenoxy) is 4. The van der Waals surface area contributed by atoms with Gasteiger partial charge in [0.05, 0.1) is 32.5 Å². The number of aryl methyl sites for hydroxylation is 2. The average Bonchev–Trinajstić information content (AvgIpc) is 3.49. The fourth-order valence-electron chi connectivity index (χ4n) is 4.02. The number of hydrogen-bond acceptors (Lipinski definition) is 8. The number of aromatic nitrogens is 3. The first-order chi connectivity index (χ1) is 15.9. The number of benzene rings is 1. The lowest BCUT2D eigenvalue weighted by molar-refractivity contribution is -0.140. The van der Waals surface area contributed by atoms with E-state index in [-0.39, 0.29) is 24.5 Å². The maximum absolute atomic E-state index is 13.6. The van der Waals surface area contributed by atoms with Crippen LogP contribution in [0.15, 0.2) is 35.5 Å². The van der Waals surface area contributed by atoms with Crippen LogP contribution in [0.25, 0.3) is 0 Å². The molecule has 0 fully saturated rings. The van der Waals surface area contributed by atoms with Crippen LogP contribution in [-0.4, -0.2) is 46.6 Å². The molecule has 4 rings (SSSR count). The molecule has 1 aliphatic rings. The zero-order valence-corrected chi connectivity index (χ0v) is 18.6. The maximum Gasteiger partial charge on any atom is 0.306 e. The van der Waals surface area contributed by atoms with Crippen LogP contribution >= 0.6 is 0 Å². The number of fused-ring (bicyclic) bond motifs is 1. The van der Waals surface area contributed by atoms with Gasteiger partial charge in [-0.3, -0.25) is 9.59 Å². The van der Waals surface area contributed by atoms with E-state index in [0.29, 0.717) is 41.5 Å². The Labute approximate surface area is 189 Å². The van der Waals surface area contributed by atoms with Gasteiger partial charge in [-0.2, -0.15) is 0 Å². The number of carbonyl (C=O) groups is 1. The predicted molar refractivity (Wildman–Crippen MR) is 117 cm³/mol. The quantitative estimate of drug-likeness (QED) is 0.496. The van der Waals surface area contributed by atoms with Gasteiger partial charge in [0.25, 0.3) is 5.56 Å². The van der Waals surface area contributed by atoms with Crippen LogP contribution in [0.5, 0.6) is 23.0 Å². The third-order valence-corrected chi connectivity index (χ3v) is 5.71. The number of carbonyl (C=O) groups excluding carboxylic acids is 1. The topological polar surface area (TPSA) is 125 Å². The summed E-state index contributed by atoms with van der Waals surface area (Å²) >= 11 is 0. The van der Waals surface area contributed by atoms with Crippen LogP contribution < -0.4 is 19.8 Å². The lowest BCUT2D eigenvalue weighted by atomic mass is 9.87. The first-order valence-corrected chi connectivity index (χ1v) is 10.4. The summed E-state index contributed by atoms with van der Waals surface area (Å²) in [6.07, 6.45) is 3.66. The van der Waals surface area contributed by atoms with Crippen LogP contribution in [-0.2, 0) is 22.5 Å². The molecular formula is C23H25N3O7. The molecule has 174 valence electrons. The van der Waals surface area contributed by atoms with Crippen LogP contribution in [0.2, 0.25) is 0 Å². The lowest BCUT2D eigenvalue weighted by Crippen LogP contribution is -2.29. The monoisotopic (exact) mass is 455 g/mol. The van der Waals surface area contributed by atoms with Gasteiger partial charge in [0.1, 0.15) is 5.75 Å². The summed E-state index contributed by atoms with van der Waals surface area (Å²) in [6.45, 7) is 2.15. The summed E-state index contributed by atoms with van der Waals surface area (Å²) in [5.41, 5.74) is 1.73. The molecule has 0 radical (unpaired) electrons. The molecule has 1 aromatic carbocycles. The summed E-state index contributed by atoms with van der Waals surface area (Å²) in [5.74, 6) is -0.234. The van der Waals surface area contributed by atoms with E-state index in [0.717, 1.165) is 5.69 Å². The van der Waals surface area contributed by atoms with E-state index in [1.807, 2.05) is 0 Å². The number of rotatable bonds is 8. The molecule has 10 heteroatoms. The highest BCUT2D eigenvalue weighted by Crippen LogP contribution is 2.45. The summed E-state index contributed by atoms with van der Waals surface area (Å²) in [5, 5.41) is 10.8. The fraction of sp³-hybridized carbons (Fsp3) is 0.348. The molecule has 0 spiro atoms. The van der Waals surface area contributed by atoms with E-state index in [2.05, 4.69) is 9.97 Å². The predicted octanol–water partition coefficient (Wildman–Crippen LogP) is 2.26. The van der Waals surface area contributed by atoms with Gasteiger partial charge in [-0.05, 0) is 30.7 Å². The van der Waals surface area contributed by atoms with Crippen LogP contribution in [0.3, 0.4) is 0 Å². The second-order valence-electron chi connectivity index (χ2n) is 7.66. The number of nitrogens with one attached hydrogen (secondary N) is 1. The fourth-order valence-corrected chi connectivity index (χ4v) is 4.02. The first kappa shape index (κ1) is 22.3. The molecule has 2 aromatic heterocycles. The van der Waals surface area contributed by atoms with E-state index >= 15 is 0 Å². The second kappa shape index (κ2) is 9.27. The molecule has 0 aliphatic carbocycles. The van der Waals surface area contributed by atoms with Crippen LogP contribution in [0.1, 0.15) is 34.9 Å². The molecule has 0 saturated heterocycles. The van der Waals surface area contributed by atoms with Crippen molar-refractivity contribution in [1.82, 2.24) is 14.5 Å². The van der Waals surface area contributed by atoms with Crippen molar-refractivity contribution in [3.63, 3.8) is 0 Å². The SMILES string of the molecule is COC(=O)C[C@H](c1cc(OC)c2c(c1)OCO2)c1c(O)cc(C)n(CCc2cnc[nH]2)c1=O. The molecule has 0 bridgehead atoms. The summed E-state index contributed by atoms with van der Waals surface area (Å²) < 4.78 is 22.8. The molecule has 10 nitrogen and oxygen atoms in total. The third kappa shape index (κ3) is 4.36. The standard InChI is InChI=1S/C23H25N3O7/c1-13-6-17(27)21(23(29)26(13)5-4-15-10-24-11-25-15)16(9-20(28)31-3)14-7-18(30-2)22-19(8-14)32-12-33-22/h6-8,10-11,16,27H,4-5,9,12H2,1-3H3,(H,24,25)/t16-/m1/s1. The third-order valence-electron chi connectivity index (χ3n) is 5.71. The number of nitrogens with zero attached hydrogens (tertiary/aromatic N) is 2. The Morgan fingerprint density at radius 3 is 2.82 bits per heavy atom. The molecular weight excluding hydrogens is 430 g/mol. The van der Waals surface area contributed by atoms with Crippen molar-refractivity contribution in [3.8, 4) is 23.0 Å². The van der Waals surface area contributed by atoms with E-state index in [4.69, 9.17) is 18.9 Å². The van der Waals surface area contributed by atoms with Crippen molar-refractivity contribution in [2.24, 2.45) is 0 Å². The van der Waals surface area contributed by atoms with E-state index < -0.39 is 17.4 Å². The Balaban J connectivity index is 1.82. The summed E-state index contributed by atoms with van der Waals surface area (Å²) in [7, 11) is 2.76. The molecule has 1 atom stereocenters. The number of pyridine rings is 1. The van der Waals surface area contributed by atoms with Crippen LogP contribution in [0, 0.1) is 6.92 Å². The Morgan fingerprint density at radius 2 is 2.12 bits per heavy atom. The molecule has 0 saturated carbocycles. The molecule has 0 amide bonds. The van der Waals surface area contributed by atoms with Gasteiger partial charge in [0.15, 0.2) is 11.5 Å². The van der Waals surface area contributed by atoms with Crippen molar-refractivity contribution in [1.29, 1.82) is 0 Å². The molecule has 2 N–H and O–H groups in total. The van der Waals surface area contributed by atoms with Crippen molar-refractivity contribution in [3.05, 3.63) is 63.6 Å². The minimum absolute atomic E-state index is 0.0347. The van der Waals surface area contributed by atoms with Crippen molar-refractivity contribution in [2.75, 3.05) is 21.0 Å². The van der Waals surface area contributed by atoms with Crippen LogP contribution in [0.4, 0.5) is 0 Å². The van der Waals surface area contributed by atoms with E-state index in [9.17, 15) is 14.7 Å². The minimum atomic E-state index is -0.799. The number of aromatic amines is 1. The van der Waals surface area contributed by atoms with Crippen molar-refractivity contribution < 1.29 is 28.8 Å². The van der Waals surface area contributed by atoms with E-state index in [1.165, 1.54) is 20.3 Å². The zero-order valence-electron chi connectivity index (χ0n) is 18.6.